The highest BCUT2D eigenvalue weighted by Crippen LogP contribution is 1.94. The van der Waals surface area contributed by atoms with Gasteiger partial charge in [-0.3, -0.25) is 9.59 Å². The van der Waals surface area contributed by atoms with Gasteiger partial charge >= 0.3 is 6.09 Å². The van der Waals surface area contributed by atoms with Crippen LogP contribution >= 0.6 is 0 Å². The molecule has 6 heteroatoms. The maximum absolute atomic E-state index is 10.9. The summed E-state index contributed by atoms with van der Waals surface area (Å²) in [5.74, 6) is -0.987. The summed E-state index contributed by atoms with van der Waals surface area (Å²) in [5, 5.41) is 2.24. The zero-order chi connectivity index (χ0) is 11.1. The van der Waals surface area contributed by atoms with E-state index in [0.29, 0.717) is 0 Å². The molecule has 2 amide bonds. The van der Waals surface area contributed by atoms with Crippen LogP contribution in [-0.4, -0.2) is 30.4 Å². The van der Waals surface area contributed by atoms with Crippen LogP contribution in [0.15, 0.2) is 0 Å². The number of nitrogens with one attached hydrogen (secondary N) is 1. The van der Waals surface area contributed by atoms with Crippen LogP contribution in [0, 0.1) is 0 Å². The lowest BCUT2D eigenvalue weighted by atomic mass is 10.1. The summed E-state index contributed by atoms with van der Waals surface area (Å²) >= 11 is 0. The average Bonchev–Trinajstić information content (AvgIpc) is 2.02. The molecule has 0 unspecified atom stereocenters. The molecule has 0 aliphatic heterocycles. The first kappa shape index (κ1) is 12.4. The minimum absolute atomic E-state index is 0.201. The summed E-state index contributed by atoms with van der Waals surface area (Å²) in [6.07, 6.45) is -0.942. The molecule has 80 valence electrons. The van der Waals surface area contributed by atoms with Gasteiger partial charge in [-0.05, 0) is 13.8 Å². The first-order valence-electron chi connectivity index (χ1n) is 4.19. The minimum atomic E-state index is -0.897. The molecule has 14 heavy (non-hydrogen) atoms. The van der Waals surface area contributed by atoms with Crippen molar-refractivity contribution in [2.24, 2.45) is 5.73 Å². The molecule has 0 aliphatic rings. The molecule has 0 rings (SSSR count). The Morgan fingerprint density at radius 3 is 2.36 bits per heavy atom. The third-order valence-electron chi connectivity index (χ3n) is 1.46. The predicted molar refractivity (Wildman–Crippen MR) is 48.4 cm³/mol. The number of primary amides is 1. The largest absolute Gasteiger partial charge is 0.450 e. The Kier molecular flexibility index (Phi) is 5.28. The molecule has 0 saturated heterocycles. The van der Waals surface area contributed by atoms with Crippen molar-refractivity contribution in [3.63, 3.8) is 0 Å². The standard InChI is InChI=1S/C8H14N2O4/c1-3-14-8(13)10-6(5(2)11)4-7(9)12/h6H,3-4H2,1-2H3,(H2,9,12)(H,10,13)/t6-/m0/s1. The lowest BCUT2D eigenvalue weighted by Crippen LogP contribution is -2.42. The third-order valence-corrected chi connectivity index (χ3v) is 1.46. The molecule has 0 spiro atoms. The van der Waals surface area contributed by atoms with Crippen molar-refractivity contribution >= 4 is 17.8 Å². The smallest absolute Gasteiger partial charge is 0.407 e. The number of carbonyl (C=O) groups excluding carboxylic acids is 3. The second kappa shape index (κ2) is 5.95. The van der Waals surface area contributed by atoms with E-state index < -0.39 is 18.0 Å². The van der Waals surface area contributed by atoms with Gasteiger partial charge in [-0.2, -0.15) is 0 Å². The van der Waals surface area contributed by atoms with E-state index in [1.165, 1.54) is 6.92 Å². The second-order valence-corrected chi connectivity index (χ2v) is 2.70. The van der Waals surface area contributed by atoms with Gasteiger partial charge < -0.3 is 15.8 Å². The first-order valence-corrected chi connectivity index (χ1v) is 4.19. The van der Waals surface area contributed by atoms with Crippen molar-refractivity contribution in [3.05, 3.63) is 0 Å². The molecular weight excluding hydrogens is 188 g/mol. The van der Waals surface area contributed by atoms with Gasteiger partial charge in [0.25, 0.3) is 0 Å². The zero-order valence-corrected chi connectivity index (χ0v) is 8.20. The molecule has 0 aliphatic carbocycles. The Morgan fingerprint density at radius 1 is 1.43 bits per heavy atom. The Bertz CT molecular complexity index is 239. The number of amides is 2. The summed E-state index contributed by atoms with van der Waals surface area (Å²) in [6, 6.07) is -0.897. The van der Waals surface area contributed by atoms with Crippen LogP contribution in [0.4, 0.5) is 4.79 Å². The number of Topliss-reactive ketones (excluding diaryl/α,β-unsaturated/α-hetero) is 1. The van der Waals surface area contributed by atoms with Crippen molar-refractivity contribution in [2.45, 2.75) is 26.3 Å². The van der Waals surface area contributed by atoms with Gasteiger partial charge in [0.15, 0.2) is 5.78 Å². The number of hydrogen-bond acceptors (Lipinski definition) is 4. The number of rotatable bonds is 5. The predicted octanol–water partition coefficient (Wildman–Crippen LogP) is -0.434. The normalized spacial score (nSPS) is 11.6. The van der Waals surface area contributed by atoms with Crippen molar-refractivity contribution < 1.29 is 19.1 Å². The third kappa shape index (κ3) is 5.13. The van der Waals surface area contributed by atoms with Gasteiger partial charge in [-0.25, -0.2) is 4.79 Å². The fourth-order valence-corrected chi connectivity index (χ4v) is 0.813. The van der Waals surface area contributed by atoms with E-state index in [1.807, 2.05) is 0 Å². The second-order valence-electron chi connectivity index (χ2n) is 2.70. The van der Waals surface area contributed by atoms with E-state index in [4.69, 9.17) is 5.73 Å². The summed E-state index contributed by atoms with van der Waals surface area (Å²) in [4.78, 5) is 32.4. The van der Waals surface area contributed by atoms with Crippen LogP contribution in [0.1, 0.15) is 20.3 Å². The fraction of sp³-hybridized carbons (Fsp3) is 0.625. The number of carbonyl (C=O) groups is 3. The molecule has 3 N–H and O–H groups in total. The van der Waals surface area contributed by atoms with Crippen LogP contribution in [0.3, 0.4) is 0 Å². The van der Waals surface area contributed by atoms with Gasteiger partial charge in [0.1, 0.15) is 0 Å². The molecule has 6 nitrogen and oxygen atoms in total. The van der Waals surface area contributed by atoms with Crippen LogP contribution in [0.25, 0.3) is 0 Å². The summed E-state index contributed by atoms with van der Waals surface area (Å²) in [7, 11) is 0. The SMILES string of the molecule is CCOC(=O)N[C@@H](CC(N)=O)C(C)=O. The van der Waals surface area contributed by atoms with Gasteiger partial charge in [0.2, 0.25) is 5.91 Å². The Labute approximate surface area is 81.8 Å². The maximum atomic E-state index is 10.9. The molecule has 0 radical (unpaired) electrons. The number of nitrogens with two attached hydrogens (primary N) is 1. The highest BCUT2D eigenvalue weighted by molar-refractivity contribution is 5.90. The first-order chi connectivity index (χ1) is 6.47. The van der Waals surface area contributed by atoms with Crippen molar-refractivity contribution in [3.8, 4) is 0 Å². The van der Waals surface area contributed by atoms with Crippen LogP contribution in [0.2, 0.25) is 0 Å². The number of hydrogen-bond donors (Lipinski definition) is 2. The number of alkyl carbamates (subject to hydrolysis) is 1. The summed E-state index contributed by atoms with van der Waals surface area (Å²) < 4.78 is 4.55. The van der Waals surface area contributed by atoms with Crippen molar-refractivity contribution in [2.75, 3.05) is 6.61 Å². The molecule has 0 aromatic heterocycles. The van der Waals surface area contributed by atoms with Gasteiger partial charge in [-0.1, -0.05) is 0 Å². The molecule has 0 fully saturated rings. The quantitative estimate of drug-likeness (QED) is 0.631. The Balaban J connectivity index is 4.16. The summed E-state index contributed by atoms with van der Waals surface area (Å²) in [6.45, 7) is 3.10. The van der Waals surface area contributed by atoms with Gasteiger partial charge in [-0.15, -0.1) is 0 Å². The van der Waals surface area contributed by atoms with Crippen LogP contribution in [0.5, 0.6) is 0 Å². The molecular formula is C8H14N2O4. The minimum Gasteiger partial charge on any atom is -0.450 e. The monoisotopic (exact) mass is 202 g/mol. The Morgan fingerprint density at radius 2 is 2.00 bits per heavy atom. The molecule has 0 bridgehead atoms. The van der Waals surface area contributed by atoms with Gasteiger partial charge in [0, 0.05) is 0 Å². The lowest BCUT2D eigenvalue weighted by Gasteiger charge is -2.13. The van der Waals surface area contributed by atoms with Crippen LogP contribution in [-0.2, 0) is 14.3 Å². The maximum Gasteiger partial charge on any atom is 0.407 e. The van der Waals surface area contributed by atoms with E-state index >= 15 is 0 Å². The number of ketones is 1. The fourth-order valence-electron chi connectivity index (χ4n) is 0.813. The van der Waals surface area contributed by atoms with E-state index in [2.05, 4.69) is 10.1 Å². The van der Waals surface area contributed by atoms with Crippen LogP contribution < -0.4 is 11.1 Å². The molecule has 0 aromatic rings. The van der Waals surface area contributed by atoms with Crippen molar-refractivity contribution in [1.82, 2.24) is 5.32 Å². The molecule has 0 heterocycles. The van der Waals surface area contributed by atoms with E-state index in [1.54, 1.807) is 6.92 Å². The van der Waals surface area contributed by atoms with E-state index in [-0.39, 0.29) is 18.8 Å². The lowest BCUT2D eigenvalue weighted by molar-refractivity contribution is -0.124. The topological polar surface area (TPSA) is 98.5 Å². The molecule has 0 aromatic carbocycles. The zero-order valence-electron chi connectivity index (χ0n) is 8.20. The highest BCUT2D eigenvalue weighted by Gasteiger charge is 2.19. The van der Waals surface area contributed by atoms with E-state index in [0.717, 1.165) is 0 Å². The molecule has 0 saturated carbocycles. The van der Waals surface area contributed by atoms with E-state index in [9.17, 15) is 14.4 Å². The average molecular weight is 202 g/mol. The summed E-state index contributed by atoms with van der Waals surface area (Å²) in [5.41, 5.74) is 4.90. The Hall–Kier alpha value is -1.59. The highest BCUT2D eigenvalue weighted by atomic mass is 16.5. The van der Waals surface area contributed by atoms with Crippen molar-refractivity contribution in [1.29, 1.82) is 0 Å². The van der Waals surface area contributed by atoms with Gasteiger partial charge in [0.05, 0.1) is 19.1 Å². The number of ether oxygens (including phenoxy) is 1. The molecule has 1 atom stereocenters.